The number of rotatable bonds is 3. The number of benzene rings is 8. The van der Waals surface area contributed by atoms with Crippen molar-refractivity contribution in [1.82, 2.24) is 4.57 Å². The molecule has 2 nitrogen and oxygen atoms in total. The quantitative estimate of drug-likeness (QED) is 0.167. The van der Waals surface area contributed by atoms with E-state index >= 15 is 0 Å². The summed E-state index contributed by atoms with van der Waals surface area (Å²) >= 11 is 1.85. The predicted octanol–water partition coefficient (Wildman–Crippen LogP) is 13.2. The second kappa shape index (κ2) is 10.7. The molecule has 3 heteroatoms. The fourth-order valence-corrected chi connectivity index (χ4v) is 9.83. The van der Waals surface area contributed by atoms with Gasteiger partial charge in [-0.25, -0.2) is 0 Å². The third kappa shape index (κ3) is 4.25. The average Bonchev–Trinajstić information content (AvgIpc) is 3.73. The summed E-state index contributed by atoms with van der Waals surface area (Å²) in [5.74, 6) is 0. The van der Waals surface area contributed by atoms with E-state index < -0.39 is 5.66 Å². The Labute approximate surface area is 299 Å². The zero-order valence-corrected chi connectivity index (χ0v) is 28.9. The standard InChI is InChI=1S/C48H32N2S/c1-48(50-44-19-8-6-17-39(44)40-18-7-9-20-45(40)50)28-43-42-27-33(22-24-46(42)51-47(43)29-49-48)31-12-10-11-30(25-31)32-21-23-38-36-15-3-2-13-34(36)35-14-4-5-16-37(35)41(38)26-32/h2-27,29H,28H2,1H3. The van der Waals surface area contributed by atoms with Gasteiger partial charge in [0.05, 0.1) is 11.0 Å². The minimum absolute atomic E-state index is 0.439. The highest BCUT2D eigenvalue weighted by Gasteiger charge is 2.34. The monoisotopic (exact) mass is 668 g/mol. The van der Waals surface area contributed by atoms with Crippen molar-refractivity contribution in [3.63, 3.8) is 0 Å². The molecule has 1 atom stereocenters. The first kappa shape index (κ1) is 28.8. The van der Waals surface area contributed by atoms with Crippen molar-refractivity contribution in [3.8, 4) is 22.3 Å². The van der Waals surface area contributed by atoms with E-state index in [1.807, 2.05) is 11.3 Å². The Kier molecular flexibility index (Phi) is 6.06. The van der Waals surface area contributed by atoms with E-state index in [2.05, 4.69) is 175 Å². The van der Waals surface area contributed by atoms with Crippen LogP contribution in [0, 0.1) is 0 Å². The second-order valence-electron chi connectivity index (χ2n) is 14.1. The van der Waals surface area contributed by atoms with Gasteiger partial charge in [0.1, 0.15) is 5.66 Å². The van der Waals surface area contributed by atoms with Crippen molar-refractivity contribution in [2.45, 2.75) is 19.0 Å². The van der Waals surface area contributed by atoms with E-state index in [-0.39, 0.29) is 0 Å². The lowest BCUT2D eigenvalue weighted by molar-refractivity contribution is 0.353. The Morgan fingerprint density at radius 3 is 1.59 bits per heavy atom. The van der Waals surface area contributed by atoms with Crippen LogP contribution in [0.2, 0.25) is 0 Å². The molecular formula is C48H32N2S. The summed E-state index contributed by atoms with van der Waals surface area (Å²) < 4.78 is 3.77. The predicted molar refractivity (Wildman–Crippen MR) is 220 cm³/mol. The van der Waals surface area contributed by atoms with E-state index in [9.17, 15) is 0 Å². The van der Waals surface area contributed by atoms with Crippen molar-refractivity contribution >= 4 is 81.8 Å². The molecule has 2 aromatic heterocycles. The second-order valence-corrected chi connectivity index (χ2v) is 15.2. The number of aromatic nitrogens is 1. The van der Waals surface area contributed by atoms with E-state index in [4.69, 9.17) is 4.99 Å². The van der Waals surface area contributed by atoms with E-state index in [0.717, 1.165) is 6.42 Å². The van der Waals surface area contributed by atoms with Gasteiger partial charge >= 0.3 is 0 Å². The molecule has 10 aromatic rings. The minimum Gasteiger partial charge on any atom is -0.315 e. The van der Waals surface area contributed by atoms with Crippen molar-refractivity contribution in [2.75, 3.05) is 0 Å². The van der Waals surface area contributed by atoms with Crippen LogP contribution in [-0.4, -0.2) is 10.8 Å². The highest BCUT2D eigenvalue weighted by Crippen LogP contribution is 2.44. The first-order chi connectivity index (χ1) is 25.1. The van der Waals surface area contributed by atoms with Gasteiger partial charge in [-0.3, -0.25) is 4.99 Å². The van der Waals surface area contributed by atoms with Gasteiger partial charge in [-0.1, -0.05) is 121 Å². The summed E-state index contributed by atoms with van der Waals surface area (Å²) in [6.07, 6.45) is 2.96. The fourth-order valence-electron chi connectivity index (χ4n) is 8.76. The highest BCUT2D eigenvalue weighted by molar-refractivity contribution is 7.20. The lowest BCUT2D eigenvalue weighted by Crippen LogP contribution is -2.32. The van der Waals surface area contributed by atoms with Crippen LogP contribution in [0.3, 0.4) is 0 Å². The van der Waals surface area contributed by atoms with Gasteiger partial charge in [-0.15, -0.1) is 11.3 Å². The van der Waals surface area contributed by atoms with Gasteiger partial charge in [-0.05, 0) is 109 Å². The lowest BCUT2D eigenvalue weighted by atomic mass is 9.91. The summed E-state index contributed by atoms with van der Waals surface area (Å²) in [7, 11) is 0. The van der Waals surface area contributed by atoms with Crippen LogP contribution in [-0.2, 0) is 12.1 Å². The molecule has 0 aliphatic carbocycles. The number of nitrogens with zero attached hydrogens (tertiary/aromatic N) is 2. The molecule has 0 saturated carbocycles. The summed E-state index contributed by atoms with van der Waals surface area (Å²) in [4.78, 5) is 6.54. The Balaban J connectivity index is 1.01. The molecule has 0 radical (unpaired) electrons. The van der Waals surface area contributed by atoms with Crippen molar-refractivity contribution < 1.29 is 0 Å². The van der Waals surface area contributed by atoms with E-state index in [0.29, 0.717) is 0 Å². The van der Waals surface area contributed by atoms with Gasteiger partial charge in [0.15, 0.2) is 0 Å². The van der Waals surface area contributed by atoms with Crippen molar-refractivity contribution in [2.24, 2.45) is 4.99 Å². The molecule has 51 heavy (non-hydrogen) atoms. The topological polar surface area (TPSA) is 17.3 Å². The van der Waals surface area contributed by atoms with Gasteiger partial charge in [0.25, 0.3) is 0 Å². The fraction of sp³-hybridized carbons (Fsp3) is 0.0625. The van der Waals surface area contributed by atoms with Crippen LogP contribution < -0.4 is 0 Å². The van der Waals surface area contributed by atoms with Crippen LogP contribution in [0.5, 0.6) is 0 Å². The smallest absolute Gasteiger partial charge is 0.137 e. The molecule has 0 fully saturated rings. The first-order valence-electron chi connectivity index (χ1n) is 17.7. The van der Waals surface area contributed by atoms with E-state index in [1.54, 1.807) is 0 Å². The molecule has 0 amide bonds. The number of hydrogen-bond donors (Lipinski definition) is 0. The maximum Gasteiger partial charge on any atom is 0.137 e. The molecule has 11 rings (SSSR count). The van der Waals surface area contributed by atoms with Crippen LogP contribution in [0.1, 0.15) is 17.4 Å². The molecule has 0 bridgehead atoms. The molecule has 0 N–H and O–H groups in total. The highest BCUT2D eigenvalue weighted by atomic mass is 32.1. The van der Waals surface area contributed by atoms with E-state index in [1.165, 1.54) is 96.9 Å². The molecular weight excluding hydrogens is 637 g/mol. The Morgan fingerprint density at radius 2 is 0.961 bits per heavy atom. The normalized spacial score (nSPS) is 15.9. The Morgan fingerprint density at radius 1 is 0.471 bits per heavy atom. The SMILES string of the molecule is CC1(n2c3ccccc3c3ccccc32)Cc2c(sc3ccc(-c4cccc(-c5ccc6c7ccccc7c7ccccc7c6c5)c4)cc23)C=N1. The molecule has 240 valence electrons. The number of hydrogen-bond acceptors (Lipinski definition) is 2. The number of aliphatic imine (C=N–C) groups is 1. The maximum absolute atomic E-state index is 5.27. The van der Waals surface area contributed by atoms with Gasteiger partial charge in [-0.2, -0.15) is 0 Å². The van der Waals surface area contributed by atoms with Crippen LogP contribution in [0.15, 0.2) is 163 Å². The molecule has 8 aromatic carbocycles. The molecule has 3 heterocycles. The minimum atomic E-state index is -0.439. The van der Waals surface area contributed by atoms with Crippen LogP contribution >= 0.6 is 11.3 Å². The zero-order chi connectivity index (χ0) is 33.7. The number of thiophene rings is 1. The molecule has 0 saturated heterocycles. The Bertz CT molecular complexity index is 3000. The van der Waals surface area contributed by atoms with Gasteiger partial charge in [0.2, 0.25) is 0 Å². The van der Waals surface area contributed by atoms with Crippen molar-refractivity contribution in [3.05, 3.63) is 168 Å². The summed E-state index contributed by atoms with van der Waals surface area (Å²) in [6.45, 7) is 2.29. The Hall–Kier alpha value is -6.03. The maximum atomic E-state index is 5.27. The third-order valence-corrected chi connectivity index (χ3v) is 12.3. The third-order valence-electron chi connectivity index (χ3n) is 11.1. The molecule has 1 aliphatic rings. The van der Waals surface area contributed by atoms with Crippen LogP contribution in [0.4, 0.5) is 0 Å². The molecule has 1 unspecified atom stereocenters. The molecule has 0 spiro atoms. The van der Waals surface area contributed by atoms with Crippen molar-refractivity contribution in [1.29, 1.82) is 0 Å². The van der Waals surface area contributed by atoms with Crippen LogP contribution in [0.25, 0.3) is 86.5 Å². The summed E-state index contributed by atoms with van der Waals surface area (Å²) in [5.41, 5.74) is 8.34. The largest absolute Gasteiger partial charge is 0.315 e. The number of para-hydroxylation sites is 2. The summed E-state index contributed by atoms with van der Waals surface area (Å²) in [5, 5.41) is 11.7. The van der Waals surface area contributed by atoms with Gasteiger partial charge < -0.3 is 4.57 Å². The first-order valence-corrected chi connectivity index (χ1v) is 18.5. The summed E-state index contributed by atoms with van der Waals surface area (Å²) in [6, 6.07) is 58.1. The van der Waals surface area contributed by atoms with Gasteiger partial charge in [0, 0.05) is 33.0 Å². The number of fused-ring (bicyclic) bond motifs is 12. The zero-order valence-electron chi connectivity index (χ0n) is 28.1. The average molecular weight is 669 g/mol. The lowest BCUT2D eigenvalue weighted by Gasteiger charge is -2.32. The molecule has 1 aliphatic heterocycles.